The molecule has 0 radical (unpaired) electrons. The van der Waals surface area contributed by atoms with Crippen molar-refractivity contribution in [2.24, 2.45) is 0 Å². The van der Waals surface area contributed by atoms with Crippen LogP contribution in [0.5, 0.6) is 0 Å². The lowest BCUT2D eigenvalue weighted by molar-refractivity contribution is -0.271. The first-order valence-corrected chi connectivity index (χ1v) is 12.1. The zero-order valence-electron chi connectivity index (χ0n) is 20.3. The zero-order chi connectivity index (χ0) is 25.2. The normalized spacial score (nSPS) is 26.1. The summed E-state index contributed by atoms with van der Waals surface area (Å²) in [6, 6.07) is 28.7. The summed E-state index contributed by atoms with van der Waals surface area (Å²) in [7, 11) is 1.47. The Labute approximate surface area is 211 Å². The van der Waals surface area contributed by atoms with Gasteiger partial charge in [-0.25, -0.2) is 4.39 Å². The summed E-state index contributed by atoms with van der Waals surface area (Å²) in [6.07, 6.45) is -7.00. The Balaban J connectivity index is 1.60. The highest BCUT2D eigenvalue weighted by molar-refractivity contribution is 5.16. The van der Waals surface area contributed by atoms with E-state index in [9.17, 15) is 5.11 Å². The summed E-state index contributed by atoms with van der Waals surface area (Å²) in [5.41, 5.74) is 2.75. The Kier molecular flexibility index (Phi) is 9.98. The molecule has 3 aromatic carbocycles. The molecule has 1 N–H and O–H groups in total. The molecule has 6 atom stereocenters. The molecule has 0 bridgehead atoms. The van der Waals surface area contributed by atoms with Crippen molar-refractivity contribution in [2.45, 2.75) is 56.5 Å². The van der Waals surface area contributed by atoms with Gasteiger partial charge in [-0.15, -0.1) is 0 Å². The molecule has 0 aromatic heterocycles. The van der Waals surface area contributed by atoms with Crippen LogP contribution in [0.25, 0.3) is 0 Å². The molecule has 1 fully saturated rings. The first kappa shape index (κ1) is 26.4. The Morgan fingerprint density at radius 3 is 1.39 bits per heavy atom. The number of methoxy groups -OCH3 is 1. The lowest BCUT2D eigenvalue weighted by Gasteiger charge is -2.46. The second-order valence-corrected chi connectivity index (χ2v) is 8.76. The second-order valence-electron chi connectivity index (χ2n) is 8.76. The van der Waals surface area contributed by atoms with Gasteiger partial charge in [-0.2, -0.15) is 0 Å². The number of hydrogen-bond donors (Lipinski definition) is 1. The highest BCUT2D eigenvalue weighted by atomic mass is 19.1. The summed E-state index contributed by atoms with van der Waals surface area (Å²) >= 11 is 0. The Morgan fingerprint density at radius 1 is 0.583 bits per heavy atom. The molecule has 36 heavy (non-hydrogen) atoms. The molecule has 1 aliphatic rings. The lowest BCUT2D eigenvalue weighted by Crippen LogP contribution is -2.65. The second kappa shape index (κ2) is 13.6. The topological polar surface area (TPSA) is 66.4 Å². The molecule has 4 rings (SSSR count). The van der Waals surface area contributed by atoms with Gasteiger partial charge in [-0.05, 0) is 16.7 Å². The average Bonchev–Trinajstić information content (AvgIpc) is 2.93. The first-order chi connectivity index (χ1) is 17.7. The summed E-state index contributed by atoms with van der Waals surface area (Å²) in [4.78, 5) is 0. The maximum Gasteiger partial charge on any atom is 0.157 e. The SMILES string of the molecule is COCO[C@@H]1[C@H](O)[C@H](F)[C@@H](OCc2ccccc2)[C@H](OCc2ccccc2)[C@H]1OCc1ccccc1. The molecule has 0 saturated heterocycles. The van der Waals surface area contributed by atoms with E-state index in [1.165, 1.54) is 7.11 Å². The van der Waals surface area contributed by atoms with Crippen molar-refractivity contribution in [2.75, 3.05) is 13.9 Å². The monoisotopic (exact) mass is 496 g/mol. The van der Waals surface area contributed by atoms with Crippen LogP contribution in [0.4, 0.5) is 4.39 Å². The molecule has 0 heterocycles. The van der Waals surface area contributed by atoms with Gasteiger partial charge >= 0.3 is 0 Å². The van der Waals surface area contributed by atoms with Gasteiger partial charge in [0.05, 0.1) is 19.8 Å². The van der Waals surface area contributed by atoms with Crippen molar-refractivity contribution in [1.82, 2.24) is 0 Å². The fourth-order valence-corrected chi connectivity index (χ4v) is 4.33. The fourth-order valence-electron chi connectivity index (χ4n) is 4.33. The average molecular weight is 497 g/mol. The van der Waals surface area contributed by atoms with Crippen molar-refractivity contribution in [3.63, 3.8) is 0 Å². The number of ether oxygens (including phenoxy) is 5. The Morgan fingerprint density at radius 2 is 0.972 bits per heavy atom. The van der Waals surface area contributed by atoms with E-state index in [1.54, 1.807) is 0 Å². The van der Waals surface area contributed by atoms with Crippen LogP contribution in [-0.4, -0.2) is 55.7 Å². The molecule has 1 saturated carbocycles. The third-order valence-electron chi connectivity index (χ3n) is 6.18. The van der Waals surface area contributed by atoms with Crippen molar-refractivity contribution in [3.05, 3.63) is 108 Å². The fraction of sp³-hybridized carbons (Fsp3) is 0.379. The summed E-state index contributed by atoms with van der Waals surface area (Å²) in [5, 5.41) is 10.9. The molecule has 3 aromatic rings. The molecule has 0 amide bonds. The number of rotatable bonds is 12. The van der Waals surface area contributed by atoms with Crippen LogP contribution in [0.15, 0.2) is 91.0 Å². The summed E-state index contributed by atoms with van der Waals surface area (Å²) in [6.45, 7) is 0.500. The third-order valence-corrected chi connectivity index (χ3v) is 6.18. The van der Waals surface area contributed by atoms with Gasteiger partial charge in [0.2, 0.25) is 0 Å². The van der Waals surface area contributed by atoms with Gasteiger partial charge in [0.15, 0.2) is 6.17 Å². The van der Waals surface area contributed by atoms with E-state index in [0.29, 0.717) is 0 Å². The van der Waals surface area contributed by atoms with E-state index in [-0.39, 0.29) is 26.6 Å². The van der Waals surface area contributed by atoms with Crippen LogP contribution in [0.1, 0.15) is 16.7 Å². The van der Waals surface area contributed by atoms with Crippen LogP contribution in [0, 0.1) is 0 Å². The van der Waals surface area contributed by atoms with Gasteiger partial charge in [-0.3, -0.25) is 0 Å². The maximum absolute atomic E-state index is 15.7. The highest BCUT2D eigenvalue weighted by Gasteiger charge is 2.53. The number of halogens is 1. The maximum atomic E-state index is 15.7. The lowest BCUT2D eigenvalue weighted by atomic mass is 9.85. The van der Waals surface area contributed by atoms with Crippen molar-refractivity contribution in [3.8, 4) is 0 Å². The Hall–Kier alpha value is -2.65. The van der Waals surface area contributed by atoms with Gasteiger partial charge in [-0.1, -0.05) is 91.0 Å². The minimum Gasteiger partial charge on any atom is -0.387 e. The van der Waals surface area contributed by atoms with Gasteiger partial charge in [0.1, 0.15) is 37.3 Å². The largest absolute Gasteiger partial charge is 0.387 e. The molecule has 7 heteroatoms. The van der Waals surface area contributed by atoms with Crippen LogP contribution < -0.4 is 0 Å². The number of hydrogen-bond acceptors (Lipinski definition) is 6. The number of alkyl halides is 1. The minimum absolute atomic E-state index is 0.124. The van der Waals surface area contributed by atoms with E-state index >= 15 is 4.39 Å². The summed E-state index contributed by atoms with van der Waals surface area (Å²) < 4.78 is 45.1. The van der Waals surface area contributed by atoms with Crippen molar-refractivity contribution < 1.29 is 33.2 Å². The standard InChI is InChI=1S/C29H33FO6/c1-32-20-36-27-25(31)24(30)26(33-17-21-11-5-2-6-12-21)28(34-18-22-13-7-3-8-14-22)29(27)35-19-23-15-9-4-10-16-23/h2-16,24-29,31H,17-20H2,1H3/t24-,25+,26+,27+,28-,29-/m0/s1. The number of benzene rings is 3. The number of aliphatic hydroxyl groups is 1. The molecule has 0 unspecified atom stereocenters. The zero-order valence-corrected chi connectivity index (χ0v) is 20.3. The molecule has 1 aliphatic carbocycles. The molecular formula is C29H33FO6. The molecule has 0 spiro atoms. The molecule has 192 valence electrons. The van der Waals surface area contributed by atoms with Gasteiger partial charge < -0.3 is 28.8 Å². The molecule has 0 aliphatic heterocycles. The van der Waals surface area contributed by atoms with Gasteiger partial charge in [0.25, 0.3) is 0 Å². The van der Waals surface area contributed by atoms with E-state index in [1.807, 2.05) is 91.0 Å². The first-order valence-electron chi connectivity index (χ1n) is 12.1. The van der Waals surface area contributed by atoms with E-state index in [2.05, 4.69) is 0 Å². The molecule has 6 nitrogen and oxygen atoms in total. The van der Waals surface area contributed by atoms with Crippen LogP contribution in [0.2, 0.25) is 0 Å². The molecular weight excluding hydrogens is 463 g/mol. The van der Waals surface area contributed by atoms with Crippen LogP contribution in [0.3, 0.4) is 0 Å². The van der Waals surface area contributed by atoms with Crippen molar-refractivity contribution >= 4 is 0 Å². The smallest absolute Gasteiger partial charge is 0.157 e. The van der Waals surface area contributed by atoms with E-state index in [0.717, 1.165) is 16.7 Å². The Bertz CT molecular complexity index is 1010. The summed E-state index contributed by atoms with van der Waals surface area (Å²) in [5.74, 6) is 0. The minimum atomic E-state index is -1.76. The van der Waals surface area contributed by atoms with E-state index < -0.39 is 36.7 Å². The van der Waals surface area contributed by atoms with Crippen molar-refractivity contribution in [1.29, 1.82) is 0 Å². The van der Waals surface area contributed by atoms with Gasteiger partial charge in [0, 0.05) is 7.11 Å². The van der Waals surface area contributed by atoms with E-state index in [4.69, 9.17) is 23.7 Å². The van der Waals surface area contributed by atoms with Crippen LogP contribution >= 0.6 is 0 Å². The quantitative estimate of drug-likeness (QED) is 0.374. The predicted octanol–water partition coefficient (Wildman–Crippen LogP) is 4.44. The highest BCUT2D eigenvalue weighted by Crippen LogP contribution is 2.33. The third kappa shape index (κ3) is 6.97. The number of aliphatic hydroxyl groups excluding tert-OH is 1. The predicted molar refractivity (Wildman–Crippen MR) is 133 cm³/mol. The van der Waals surface area contributed by atoms with Crippen LogP contribution in [-0.2, 0) is 43.5 Å².